The number of rotatable bonds is 4. The van der Waals surface area contributed by atoms with Gasteiger partial charge in [0.1, 0.15) is 11.4 Å². The van der Waals surface area contributed by atoms with Crippen LogP contribution in [0.3, 0.4) is 0 Å². The molecule has 2 N–H and O–H groups in total. The summed E-state index contributed by atoms with van der Waals surface area (Å²) in [6, 6.07) is 1.52. The van der Waals surface area contributed by atoms with Crippen molar-refractivity contribution in [2.75, 3.05) is 5.32 Å². The number of hydrogen-bond acceptors (Lipinski definition) is 3. The maximum atomic E-state index is 9.69. The fraction of sp³-hybridized carbons (Fsp3) is 0.444. The van der Waals surface area contributed by atoms with Crippen LogP contribution in [0.5, 0.6) is 0 Å². The van der Waals surface area contributed by atoms with Gasteiger partial charge in [0.15, 0.2) is 0 Å². The number of alkyl halides is 1. The molecule has 0 amide bonds. The van der Waals surface area contributed by atoms with E-state index in [1.54, 1.807) is 0 Å². The SMILES string of the molecule is CCC(Br)C(O)Nc1cnc(Cl)cc1Cl. The van der Waals surface area contributed by atoms with Gasteiger partial charge in [-0.3, -0.25) is 0 Å². The summed E-state index contributed by atoms with van der Waals surface area (Å²) in [5, 5.41) is 13.3. The van der Waals surface area contributed by atoms with Crippen LogP contribution in [0.15, 0.2) is 12.3 Å². The highest BCUT2D eigenvalue weighted by atomic mass is 79.9. The first-order chi connectivity index (χ1) is 7.04. The second-order valence-electron chi connectivity index (χ2n) is 3.00. The van der Waals surface area contributed by atoms with Gasteiger partial charge in [-0.15, -0.1) is 0 Å². The lowest BCUT2D eigenvalue weighted by molar-refractivity contribution is 0.200. The molecule has 0 bridgehead atoms. The summed E-state index contributed by atoms with van der Waals surface area (Å²) in [6.45, 7) is 1.96. The first kappa shape index (κ1) is 13.0. The maximum Gasteiger partial charge on any atom is 0.137 e. The summed E-state index contributed by atoms with van der Waals surface area (Å²) < 4.78 is 0. The predicted octanol–water partition coefficient (Wildman–Crippen LogP) is 3.29. The monoisotopic (exact) mass is 312 g/mol. The fourth-order valence-electron chi connectivity index (χ4n) is 0.987. The predicted molar refractivity (Wildman–Crippen MR) is 66.9 cm³/mol. The highest BCUT2D eigenvalue weighted by Crippen LogP contribution is 2.24. The van der Waals surface area contributed by atoms with Crippen molar-refractivity contribution in [2.45, 2.75) is 24.4 Å². The zero-order valence-electron chi connectivity index (χ0n) is 8.04. The van der Waals surface area contributed by atoms with E-state index in [1.165, 1.54) is 12.3 Å². The minimum atomic E-state index is -0.713. The van der Waals surface area contributed by atoms with Gasteiger partial charge in [-0.2, -0.15) is 0 Å². The molecule has 15 heavy (non-hydrogen) atoms. The first-order valence-electron chi connectivity index (χ1n) is 4.44. The summed E-state index contributed by atoms with van der Waals surface area (Å²) >= 11 is 14.9. The molecule has 0 aliphatic rings. The van der Waals surface area contributed by atoms with Gasteiger partial charge in [0.2, 0.25) is 0 Å². The van der Waals surface area contributed by atoms with Crippen molar-refractivity contribution in [1.82, 2.24) is 4.98 Å². The van der Waals surface area contributed by atoms with E-state index in [1.807, 2.05) is 6.92 Å². The number of pyridine rings is 1. The molecule has 2 atom stereocenters. The van der Waals surface area contributed by atoms with Gasteiger partial charge < -0.3 is 10.4 Å². The fourth-order valence-corrected chi connectivity index (χ4v) is 1.54. The van der Waals surface area contributed by atoms with Gasteiger partial charge in [-0.05, 0) is 12.5 Å². The molecule has 3 nitrogen and oxygen atoms in total. The number of nitrogens with one attached hydrogen (secondary N) is 1. The van der Waals surface area contributed by atoms with E-state index in [4.69, 9.17) is 23.2 Å². The molecule has 1 aromatic rings. The Kier molecular flexibility index (Phi) is 5.12. The van der Waals surface area contributed by atoms with Gasteiger partial charge in [0, 0.05) is 0 Å². The molecular weight excluding hydrogens is 303 g/mol. The molecule has 0 spiro atoms. The van der Waals surface area contributed by atoms with Crippen LogP contribution in [0.2, 0.25) is 10.2 Å². The van der Waals surface area contributed by atoms with E-state index in [0.717, 1.165) is 6.42 Å². The first-order valence-corrected chi connectivity index (χ1v) is 6.11. The van der Waals surface area contributed by atoms with Gasteiger partial charge >= 0.3 is 0 Å². The Labute approximate surface area is 107 Å². The van der Waals surface area contributed by atoms with E-state index >= 15 is 0 Å². The topological polar surface area (TPSA) is 45.1 Å². The largest absolute Gasteiger partial charge is 0.373 e. The molecule has 0 radical (unpaired) electrons. The molecule has 0 saturated carbocycles. The standard InChI is InChI=1S/C9H11BrCl2N2O/c1-2-5(10)9(15)14-7-4-13-8(12)3-6(7)11/h3-5,9,14-15H,2H2,1H3. The highest BCUT2D eigenvalue weighted by molar-refractivity contribution is 9.09. The second-order valence-corrected chi connectivity index (χ2v) is 4.97. The van der Waals surface area contributed by atoms with Crippen molar-refractivity contribution in [3.63, 3.8) is 0 Å². The Morgan fingerprint density at radius 2 is 2.27 bits per heavy atom. The smallest absolute Gasteiger partial charge is 0.137 e. The molecule has 0 aliphatic carbocycles. The Morgan fingerprint density at radius 3 is 2.80 bits per heavy atom. The zero-order valence-corrected chi connectivity index (χ0v) is 11.1. The van der Waals surface area contributed by atoms with Crippen molar-refractivity contribution in [1.29, 1.82) is 0 Å². The zero-order chi connectivity index (χ0) is 11.4. The van der Waals surface area contributed by atoms with Crippen molar-refractivity contribution >= 4 is 44.8 Å². The van der Waals surface area contributed by atoms with E-state index in [-0.39, 0.29) is 4.83 Å². The molecule has 84 valence electrons. The number of halogens is 3. The Hall–Kier alpha value is -0.0300. The number of nitrogens with zero attached hydrogens (tertiary/aromatic N) is 1. The van der Waals surface area contributed by atoms with Gasteiger partial charge in [0.25, 0.3) is 0 Å². The van der Waals surface area contributed by atoms with Gasteiger partial charge in [0.05, 0.1) is 21.7 Å². The summed E-state index contributed by atoms with van der Waals surface area (Å²) in [5.74, 6) is 0. The Balaban J connectivity index is 2.72. The molecule has 0 fully saturated rings. The number of anilines is 1. The van der Waals surface area contributed by atoms with Gasteiger partial charge in [-0.25, -0.2) is 4.98 Å². The van der Waals surface area contributed by atoms with Crippen LogP contribution in [0, 0.1) is 0 Å². The quantitative estimate of drug-likeness (QED) is 0.509. The van der Waals surface area contributed by atoms with Crippen LogP contribution in [0.1, 0.15) is 13.3 Å². The normalized spacial score (nSPS) is 14.7. The Bertz CT molecular complexity index is 338. The van der Waals surface area contributed by atoms with E-state index in [9.17, 15) is 5.11 Å². The van der Waals surface area contributed by atoms with Crippen molar-refractivity contribution in [3.8, 4) is 0 Å². The maximum absolute atomic E-state index is 9.69. The van der Waals surface area contributed by atoms with Crippen LogP contribution in [-0.2, 0) is 0 Å². The van der Waals surface area contributed by atoms with Crippen LogP contribution in [0.25, 0.3) is 0 Å². The summed E-state index contributed by atoms with van der Waals surface area (Å²) in [6.07, 6.45) is 1.58. The van der Waals surface area contributed by atoms with Crippen LogP contribution in [-0.4, -0.2) is 21.1 Å². The third kappa shape index (κ3) is 3.79. The molecular formula is C9H11BrCl2N2O. The molecule has 1 aromatic heterocycles. The molecule has 2 unspecified atom stereocenters. The van der Waals surface area contributed by atoms with Crippen molar-refractivity contribution in [3.05, 3.63) is 22.4 Å². The second kappa shape index (κ2) is 5.89. The average molecular weight is 314 g/mol. The van der Waals surface area contributed by atoms with Crippen molar-refractivity contribution in [2.24, 2.45) is 0 Å². The lowest BCUT2D eigenvalue weighted by Gasteiger charge is -2.18. The van der Waals surface area contributed by atoms with E-state index in [2.05, 4.69) is 26.2 Å². The molecule has 1 rings (SSSR count). The summed E-state index contributed by atoms with van der Waals surface area (Å²) in [4.78, 5) is 3.83. The lowest BCUT2D eigenvalue weighted by atomic mass is 10.3. The summed E-state index contributed by atoms with van der Waals surface area (Å²) in [5.41, 5.74) is 0.562. The van der Waals surface area contributed by atoms with E-state index < -0.39 is 6.23 Å². The Morgan fingerprint density at radius 1 is 1.60 bits per heavy atom. The molecule has 1 heterocycles. The molecule has 0 aliphatic heterocycles. The average Bonchev–Trinajstić information content (AvgIpc) is 2.20. The van der Waals surface area contributed by atoms with Crippen LogP contribution >= 0.6 is 39.1 Å². The minimum absolute atomic E-state index is 0.0377. The van der Waals surface area contributed by atoms with E-state index in [0.29, 0.717) is 15.9 Å². The molecule has 6 heteroatoms. The number of aromatic nitrogens is 1. The molecule has 0 saturated heterocycles. The summed E-state index contributed by atoms with van der Waals surface area (Å²) in [7, 11) is 0. The minimum Gasteiger partial charge on any atom is -0.373 e. The number of hydrogen-bond donors (Lipinski definition) is 2. The number of aliphatic hydroxyl groups excluding tert-OH is 1. The van der Waals surface area contributed by atoms with Crippen molar-refractivity contribution < 1.29 is 5.11 Å². The highest BCUT2D eigenvalue weighted by Gasteiger charge is 2.14. The third-order valence-corrected chi connectivity index (χ3v) is 3.52. The van der Waals surface area contributed by atoms with Crippen LogP contribution in [0.4, 0.5) is 5.69 Å². The van der Waals surface area contributed by atoms with Crippen LogP contribution < -0.4 is 5.32 Å². The van der Waals surface area contributed by atoms with Gasteiger partial charge in [-0.1, -0.05) is 46.1 Å². The lowest BCUT2D eigenvalue weighted by Crippen LogP contribution is -2.28. The molecule has 0 aromatic carbocycles. The third-order valence-electron chi connectivity index (χ3n) is 1.86. The number of aliphatic hydroxyl groups is 1.